The molecule has 0 atom stereocenters. The standard InChI is InChI=1S/C6H7BrN2/c1-8-5-3-2-4-9-6(5)7/h2-4,8H,1H3. The number of nitrogens with zero attached hydrogens (tertiary/aromatic N) is 1. The topological polar surface area (TPSA) is 24.9 Å². The van der Waals surface area contributed by atoms with E-state index in [9.17, 15) is 0 Å². The second-order valence-corrected chi connectivity index (χ2v) is 2.34. The van der Waals surface area contributed by atoms with Crippen LogP contribution < -0.4 is 5.32 Å². The van der Waals surface area contributed by atoms with Crippen LogP contribution in [0.25, 0.3) is 0 Å². The van der Waals surface area contributed by atoms with Crippen LogP contribution in [0.1, 0.15) is 0 Å². The molecule has 1 aromatic heterocycles. The predicted molar refractivity (Wildman–Crippen MR) is 41.5 cm³/mol. The molecule has 0 aliphatic rings. The highest BCUT2D eigenvalue weighted by molar-refractivity contribution is 9.10. The third-order valence-corrected chi connectivity index (χ3v) is 1.66. The van der Waals surface area contributed by atoms with Gasteiger partial charge in [0.25, 0.3) is 0 Å². The van der Waals surface area contributed by atoms with E-state index < -0.39 is 0 Å². The molecule has 9 heavy (non-hydrogen) atoms. The summed E-state index contributed by atoms with van der Waals surface area (Å²) in [4.78, 5) is 4.00. The van der Waals surface area contributed by atoms with E-state index >= 15 is 0 Å². The van der Waals surface area contributed by atoms with Crippen molar-refractivity contribution < 1.29 is 0 Å². The average molecular weight is 187 g/mol. The Balaban J connectivity index is 3.01. The van der Waals surface area contributed by atoms with Gasteiger partial charge in [-0.15, -0.1) is 0 Å². The van der Waals surface area contributed by atoms with Gasteiger partial charge in [0.05, 0.1) is 5.69 Å². The molecule has 2 nitrogen and oxygen atoms in total. The zero-order chi connectivity index (χ0) is 6.69. The van der Waals surface area contributed by atoms with Crippen LogP contribution in [0.3, 0.4) is 0 Å². The Morgan fingerprint density at radius 3 is 2.89 bits per heavy atom. The monoisotopic (exact) mass is 186 g/mol. The number of pyridine rings is 1. The molecule has 0 radical (unpaired) electrons. The lowest BCUT2D eigenvalue weighted by molar-refractivity contribution is 1.26. The van der Waals surface area contributed by atoms with E-state index in [1.54, 1.807) is 6.20 Å². The van der Waals surface area contributed by atoms with Crippen molar-refractivity contribution in [3.8, 4) is 0 Å². The first-order chi connectivity index (χ1) is 4.34. The Kier molecular flexibility index (Phi) is 2.05. The summed E-state index contributed by atoms with van der Waals surface area (Å²) in [6, 6.07) is 3.84. The number of hydrogen-bond donors (Lipinski definition) is 1. The van der Waals surface area contributed by atoms with Crippen LogP contribution >= 0.6 is 15.9 Å². The summed E-state index contributed by atoms with van der Waals surface area (Å²) >= 11 is 3.28. The largest absolute Gasteiger partial charge is 0.386 e. The molecule has 0 bridgehead atoms. The minimum atomic E-state index is 0.854. The lowest BCUT2D eigenvalue weighted by Gasteiger charge is -1.98. The van der Waals surface area contributed by atoms with Crippen molar-refractivity contribution in [3.63, 3.8) is 0 Å². The highest BCUT2D eigenvalue weighted by Gasteiger charge is 1.92. The van der Waals surface area contributed by atoms with Crippen molar-refractivity contribution >= 4 is 21.6 Å². The van der Waals surface area contributed by atoms with E-state index in [-0.39, 0.29) is 0 Å². The molecule has 48 valence electrons. The predicted octanol–water partition coefficient (Wildman–Crippen LogP) is 1.89. The lowest BCUT2D eigenvalue weighted by atomic mass is 10.4. The molecule has 1 heterocycles. The summed E-state index contributed by atoms with van der Waals surface area (Å²) in [5, 5.41) is 2.99. The SMILES string of the molecule is CNc1cccnc1Br. The summed E-state index contributed by atoms with van der Waals surface area (Å²) in [5.74, 6) is 0. The maximum absolute atomic E-state index is 4.00. The van der Waals surface area contributed by atoms with Crippen LogP contribution in [0.5, 0.6) is 0 Å². The summed E-state index contributed by atoms with van der Waals surface area (Å²) in [6.07, 6.45) is 1.74. The Labute approximate surface area is 62.4 Å². The Morgan fingerprint density at radius 2 is 2.44 bits per heavy atom. The molecular formula is C6H7BrN2. The zero-order valence-corrected chi connectivity index (χ0v) is 6.64. The minimum Gasteiger partial charge on any atom is -0.386 e. The van der Waals surface area contributed by atoms with E-state index in [2.05, 4.69) is 26.2 Å². The van der Waals surface area contributed by atoms with Crippen molar-refractivity contribution in [2.45, 2.75) is 0 Å². The smallest absolute Gasteiger partial charge is 0.129 e. The molecule has 0 amide bonds. The number of rotatable bonds is 1. The van der Waals surface area contributed by atoms with Gasteiger partial charge in [-0.25, -0.2) is 4.98 Å². The van der Waals surface area contributed by atoms with Gasteiger partial charge in [-0.2, -0.15) is 0 Å². The number of aromatic nitrogens is 1. The maximum atomic E-state index is 4.00. The van der Waals surface area contributed by atoms with Crippen LogP contribution in [-0.4, -0.2) is 12.0 Å². The van der Waals surface area contributed by atoms with E-state index in [1.807, 2.05) is 19.2 Å². The minimum absolute atomic E-state index is 0.854. The van der Waals surface area contributed by atoms with Gasteiger partial charge in [0.2, 0.25) is 0 Å². The number of nitrogens with one attached hydrogen (secondary N) is 1. The summed E-state index contributed by atoms with van der Waals surface area (Å²) < 4.78 is 0.854. The lowest BCUT2D eigenvalue weighted by Crippen LogP contribution is -1.89. The van der Waals surface area contributed by atoms with Crippen molar-refractivity contribution in [3.05, 3.63) is 22.9 Å². The highest BCUT2D eigenvalue weighted by Crippen LogP contribution is 2.16. The van der Waals surface area contributed by atoms with Gasteiger partial charge in [0.1, 0.15) is 4.60 Å². The molecule has 0 aliphatic carbocycles. The molecule has 1 rings (SSSR count). The molecule has 0 spiro atoms. The summed E-state index contributed by atoms with van der Waals surface area (Å²) in [7, 11) is 1.86. The number of anilines is 1. The van der Waals surface area contributed by atoms with Gasteiger partial charge in [-0.1, -0.05) is 0 Å². The first-order valence-corrected chi connectivity index (χ1v) is 3.42. The van der Waals surface area contributed by atoms with E-state index in [4.69, 9.17) is 0 Å². The van der Waals surface area contributed by atoms with Crippen molar-refractivity contribution in [1.82, 2.24) is 4.98 Å². The molecule has 0 saturated heterocycles. The van der Waals surface area contributed by atoms with Crippen LogP contribution in [0.4, 0.5) is 5.69 Å². The van der Waals surface area contributed by atoms with E-state index in [0.717, 1.165) is 10.3 Å². The first kappa shape index (κ1) is 6.55. The Hall–Kier alpha value is -0.570. The van der Waals surface area contributed by atoms with Crippen LogP contribution in [0.2, 0.25) is 0 Å². The van der Waals surface area contributed by atoms with Crippen LogP contribution in [0, 0.1) is 0 Å². The molecule has 3 heteroatoms. The third-order valence-electron chi connectivity index (χ3n) is 1.03. The molecule has 0 unspecified atom stereocenters. The number of halogens is 1. The van der Waals surface area contributed by atoms with Gasteiger partial charge >= 0.3 is 0 Å². The average Bonchev–Trinajstić information content (AvgIpc) is 1.89. The normalized spacial score (nSPS) is 9.11. The molecular weight excluding hydrogens is 180 g/mol. The van der Waals surface area contributed by atoms with Gasteiger partial charge in [0, 0.05) is 13.2 Å². The van der Waals surface area contributed by atoms with Gasteiger partial charge in [0.15, 0.2) is 0 Å². The molecule has 0 fully saturated rings. The Morgan fingerprint density at radius 1 is 1.67 bits per heavy atom. The molecule has 1 aromatic rings. The first-order valence-electron chi connectivity index (χ1n) is 2.63. The maximum Gasteiger partial charge on any atom is 0.129 e. The molecule has 0 aliphatic heterocycles. The van der Waals surface area contributed by atoms with E-state index in [1.165, 1.54) is 0 Å². The van der Waals surface area contributed by atoms with Gasteiger partial charge in [-0.3, -0.25) is 0 Å². The quantitative estimate of drug-likeness (QED) is 0.679. The fourth-order valence-electron chi connectivity index (χ4n) is 0.573. The molecule has 0 saturated carbocycles. The summed E-state index contributed by atoms with van der Waals surface area (Å²) in [5.41, 5.74) is 1.01. The second-order valence-electron chi connectivity index (χ2n) is 1.59. The number of hydrogen-bond acceptors (Lipinski definition) is 2. The fraction of sp³-hybridized carbons (Fsp3) is 0.167. The van der Waals surface area contributed by atoms with E-state index in [0.29, 0.717) is 0 Å². The van der Waals surface area contributed by atoms with Gasteiger partial charge < -0.3 is 5.32 Å². The van der Waals surface area contributed by atoms with Crippen LogP contribution in [-0.2, 0) is 0 Å². The van der Waals surface area contributed by atoms with Crippen LogP contribution in [0.15, 0.2) is 22.9 Å². The second kappa shape index (κ2) is 2.82. The zero-order valence-electron chi connectivity index (χ0n) is 5.06. The molecule has 1 N–H and O–H groups in total. The van der Waals surface area contributed by atoms with Crippen molar-refractivity contribution in [1.29, 1.82) is 0 Å². The van der Waals surface area contributed by atoms with Crippen molar-refractivity contribution in [2.75, 3.05) is 12.4 Å². The molecule has 0 aromatic carbocycles. The third kappa shape index (κ3) is 1.42. The van der Waals surface area contributed by atoms with Crippen molar-refractivity contribution in [2.24, 2.45) is 0 Å². The highest BCUT2D eigenvalue weighted by atomic mass is 79.9. The fourth-order valence-corrected chi connectivity index (χ4v) is 1.02. The Bertz CT molecular complexity index is 200. The van der Waals surface area contributed by atoms with Gasteiger partial charge in [-0.05, 0) is 28.1 Å². The summed E-state index contributed by atoms with van der Waals surface area (Å²) in [6.45, 7) is 0.